The number of aromatic nitrogens is 4. The Morgan fingerprint density at radius 3 is 0.594 bits per heavy atom. The highest BCUT2D eigenvalue weighted by Gasteiger charge is 2.21. The molecule has 4 N–H and O–H groups in total. The van der Waals surface area contributed by atoms with Crippen LogP contribution in [-0.2, 0) is 0 Å². The fourth-order valence-electron chi connectivity index (χ4n) is 8.38. The van der Waals surface area contributed by atoms with Crippen molar-refractivity contribution in [2.75, 3.05) is 56.9 Å². The van der Waals surface area contributed by atoms with Crippen molar-refractivity contribution in [1.82, 2.24) is 19.9 Å². The van der Waals surface area contributed by atoms with Gasteiger partial charge in [0.25, 0.3) is 0 Å². The van der Waals surface area contributed by atoms with Crippen LogP contribution < -0.4 is 59.3 Å². The number of benzene rings is 4. The maximum Gasteiger partial charge on any atom is 0.123 e. The van der Waals surface area contributed by atoms with Crippen LogP contribution in [0.3, 0.4) is 0 Å². The SMILES string of the molecule is COc1cc(OC)cc(C2=c3ccc([nH]3)=C(c3cc(OC)cc(OC)c3)c3ccc([nH]3)C(c3cc(OC)cc(OC)c3)=c3ccc([nH]3)=C(c3cc(OC)cc(OC)c3)c3ccc2[nH]3)c1. The van der Waals surface area contributed by atoms with Gasteiger partial charge in [-0.05, 0) is 119 Å². The molecule has 8 aromatic rings. The Balaban J connectivity index is 1.46. The number of aromatic amines is 4. The Morgan fingerprint density at radius 2 is 0.422 bits per heavy atom. The van der Waals surface area contributed by atoms with Crippen molar-refractivity contribution in [3.8, 4) is 46.0 Å². The van der Waals surface area contributed by atoms with Gasteiger partial charge in [0.15, 0.2) is 0 Å². The third-order valence-corrected chi connectivity index (χ3v) is 11.5. The van der Waals surface area contributed by atoms with E-state index in [-0.39, 0.29) is 0 Å². The van der Waals surface area contributed by atoms with Crippen LogP contribution in [0.15, 0.2) is 121 Å². The predicted octanol–water partition coefficient (Wildman–Crippen LogP) is 6.37. The molecule has 0 amide bonds. The molecule has 12 nitrogen and oxygen atoms in total. The Bertz CT molecular complexity index is 2780. The predicted molar refractivity (Wildman–Crippen MR) is 246 cm³/mol. The van der Waals surface area contributed by atoms with E-state index >= 15 is 0 Å². The van der Waals surface area contributed by atoms with Gasteiger partial charge in [-0.1, -0.05) is 0 Å². The van der Waals surface area contributed by atoms with E-state index in [0.29, 0.717) is 46.0 Å². The van der Waals surface area contributed by atoms with Crippen LogP contribution in [0.1, 0.15) is 45.0 Å². The molecular weight excluding hydrogens is 809 g/mol. The molecule has 324 valence electrons. The zero-order valence-electron chi connectivity index (χ0n) is 36.8. The summed E-state index contributed by atoms with van der Waals surface area (Å²) in [5.74, 6) is 5.20. The van der Waals surface area contributed by atoms with Gasteiger partial charge in [0, 0.05) is 90.7 Å². The monoisotopic (exact) mass is 856 g/mol. The molecule has 4 aromatic heterocycles. The summed E-state index contributed by atoms with van der Waals surface area (Å²) in [4.78, 5) is 15.3. The van der Waals surface area contributed by atoms with Crippen molar-refractivity contribution in [3.63, 3.8) is 0 Å². The Kier molecular flexibility index (Phi) is 11.2. The standard InChI is InChI=1S/C52H48N4O8/c1-57-33-17-29(18-34(25-33)58-2)49-41-9-11-43(53-41)50(30-19-35(59-3)26-36(20-30)60-4)45-13-15-47(55-45)52(32-23-39(63-7)28-40(24-32)64-8)48-16-14-46(56-48)51(44-12-10-42(49)54-44)31-21-37(61-5)27-38(22-31)62-6/h9-28,53-56H,1-8H3. The first kappa shape index (κ1) is 41.2. The van der Waals surface area contributed by atoms with E-state index in [1.54, 1.807) is 56.9 Å². The summed E-state index contributed by atoms with van der Waals surface area (Å²) < 4.78 is 46.4. The number of nitrogens with one attached hydrogen (secondary N) is 4. The lowest BCUT2D eigenvalue weighted by atomic mass is 10.0. The van der Waals surface area contributed by atoms with Crippen molar-refractivity contribution in [2.24, 2.45) is 0 Å². The molecule has 0 fully saturated rings. The number of rotatable bonds is 12. The maximum absolute atomic E-state index is 5.80. The summed E-state index contributed by atoms with van der Waals surface area (Å²) in [6, 6.07) is 40.2. The molecule has 8 bridgehead atoms. The number of H-pyrrole nitrogens is 4. The average Bonchev–Trinajstić information content (AvgIpc) is 4.19. The molecule has 64 heavy (non-hydrogen) atoms. The van der Waals surface area contributed by atoms with Crippen molar-refractivity contribution in [1.29, 1.82) is 0 Å². The number of hydrogen-bond acceptors (Lipinski definition) is 8. The summed E-state index contributed by atoms with van der Waals surface area (Å²) in [6.45, 7) is 0. The van der Waals surface area contributed by atoms with E-state index in [4.69, 9.17) is 37.9 Å². The highest BCUT2D eigenvalue weighted by Crippen LogP contribution is 2.35. The van der Waals surface area contributed by atoms with E-state index in [2.05, 4.69) is 68.5 Å². The Morgan fingerprint density at radius 1 is 0.234 bits per heavy atom. The van der Waals surface area contributed by atoms with E-state index in [9.17, 15) is 0 Å². The first-order valence-corrected chi connectivity index (χ1v) is 20.5. The summed E-state index contributed by atoms with van der Waals surface area (Å²) in [5, 5.41) is 3.36. The van der Waals surface area contributed by atoms with Gasteiger partial charge in [0.05, 0.1) is 56.9 Å². The second-order valence-electron chi connectivity index (χ2n) is 15.0. The van der Waals surface area contributed by atoms with Gasteiger partial charge in [-0.2, -0.15) is 0 Å². The molecule has 1 aliphatic rings. The summed E-state index contributed by atoms with van der Waals surface area (Å²) >= 11 is 0. The molecule has 0 aliphatic carbocycles. The van der Waals surface area contributed by atoms with Crippen LogP contribution in [0.25, 0.3) is 22.3 Å². The fourth-order valence-corrected chi connectivity index (χ4v) is 8.38. The van der Waals surface area contributed by atoms with E-state index < -0.39 is 0 Å². The summed E-state index contributed by atoms with van der Waals surface area (Å²) in [5.41, 5.74) is 10.4. The van der Waals surface area contributed by atoms with E-state index in [0.717, 1.165) is 88.7 Å². The van der Waals surface area contributed by atoms with Gasteiger partial charge in [0.2, 0.25) is 0 Å². The zero-order chi connectivity index (χ0) is 44.5. The first-order valence-electron chi connectivity index (χ1n) is 20.5. The van der Waals surface area contributed by atoms with Gasteiger partial charge >= 0.3 is 0 Å². The molecule has 0 atom stereocenters. The van der Waals surface area contributed by atoms with Crippen LogP contribution in [0, 0.1) is 0 Å². The second-order valence-corrected chi connectivity index (χ2v) is 15.0. The molecule has 4 aromatic carbocycles. The molecule has 0 spiro atoms. The molecule has 1 aliphatic heterocycles. The number of hydrogen-bond donors (Lipinski definition) is 4. The smallest absolute Gasteiger partial charge is 0.123 e. The van der Waals surface area contributed by atoms with Gasteiger partial charge in [-0.15, -0.1) is 0 Å². The minimum Gasteiger partial charge on any atom is -0.497 e. The molecule has 0 radical (unpaired) electrons. The topological polar surface area (TPSA) is 137 Å². The molecule has 9 rings (SSSR count). The summed E-state index contributed by atoms with van der Waals surface area (Å²) in [6.07, 6.45) is 0. The Hall–Kier alpha value is -8.12. The maximum atomic E-state index is 5.80. The second kappa shape index (κ2) is 17.3. The molecule has 0 saturated heterocycles. The minimum absolute atomic E-state index is 0.651. The normalized spacial score (nSPS) is 12.2. The van der Waals surface area contributed by atoms with E-state index in [1.807, 2.05) is 72.8 Å². The minimum atomic E-state index is 0.651. The first-order chi connectivity index (χ1) is 31.3. The highest BCUT2D eigenvalue weighted by molar-refractivity contribution is 5.86. The van der Waals surface area contributed by atoms with Crippen LogP contribution in [0.2, 0.25) is 0 Å². The number of methoxy groups -OCH3 is 8. The van der Waals surface area contributed by atoms with Gasteiger partial charge in [-0.3, -0.25) is 0 Å². The van der Waals surface area contributed by atoms with Crippen molar-refractivity contribution >= 4 is 22.3 Å². The molecule has 12 heteroatoms. The highest BCUT2D eigenvalue weighted by atomic mass is 16.5. The molecule has 5 heterocycles. The third-order valence-electron chi connectivity index (χ3n) is 11.5. The largest absolute Gasteiger partial charge is 0.497 e. The van der Waals surface area contributed by atoms with Crippen LogP contribution in [0.5, 0.6) is 46.0 Å². The summed E-state index contributed by atoms with van der Waals surface area (Å²) in [7, 11) is 13.2. The van der Waals surface area contributed by atoms with Crippen LogP contribution >= 0.6 is 0 Å². The average molecular weight is 857 g/mol. The van der Waals surface area contributed by atoms with Gasteiger partial charge < -0.3 is 57.8 Å². The lowest BCUT2D eigenvalue weighted by Crippen LogP contribution is -2.19. The molecular formula is C52H48N4O8. The van der Waals surface area contributed by atoms with Crippen LogP contribution in [-0.4, -0.2) is 76.8 Å². The Labute approximate surface area is 369 Å². The fraction of sp³-hybridized carbons (Fsp3) is 0.154. The zero-order valence-corrected chi connectivity index (χ0v) is 36.8. The lowest BCUT2D eigenvalue weighted by molar-refractivity contribution is 0.394. The quantitative estimate of drug-likeness (QED) is 0.111. The number of ether oxygens (including phenoxy) is 8. The van der Waals surface area contributed by atoms with Crippen molar-refractivity contribution < 1.29 is 37.9 Å². The molecule has 0 unspecified atom stereocenters. The van der Waals surface area contributed by atoms with E-state index in [1.165, 1.54) is 0 Å². The van der Waals surface area contributed by atoms with Crippen molar-refractivity contribution in [2.45, 2.75) is 0 Å². The lowest BCUT2D eigenvalue weighted by Gasteiger charge is -2.13. The van der Waals surface area contributed by atoms with Crippen LogP contribution in [0.4, 0.5) is 0 Å². The number of fused-ring (bicyclic) bond motifs is 8. The van der Waals surface area contributed by atoms with Gasteiger partial charge in [-0.25, -0.2) is 0 Å². The third kappa shape index (κ3) is 7.70. The van der Waals surface area contributed by atoms with Gasteiger partial charge in [0.1, 0.15) is 46.0 Å². The van der Waals surface area contributed by atoms with Crippen molar-refractivity contribution in [3.05, 3.63) is 188 Å². The molecule has 0 saturated carbocycles.